The van der Waals surface area contributed by atoms with Crippen LogP contribution in [-0.2, 0) is 10.0 Å². The van der Waals surface area contributed by atoms with Gasteiger partial charge >= 0.3 is 6.36 Å². The average Bonchev–Trinajstić information content (AvgIpc) is 2.52. The molecule has 0 saturated heterocycles. The van der Waals surface area contributed by atoms with Crippen LogP contribution in [0.2, 0.25) is 0 Å². The summed E-state index contributed by atoms with van der Waals surface area (Å²) in [4.78, 5) is -0.128. The van der Waals surface area contributed by atoms with Crippen LogP contribution in [0.3, 0.4) is 0 Å². The number of benzene rings is 2. The van der Waals surface area contributed by atoms with E-state index < -0.39 is 22.1 Å². The fourth-order valence-electron chi connectivity index (χ4n) is 2.04. The van der Waals surface area contributed by atoms with Gasteiger partial charge in [-0.3, -0.25) is 0 Å². The summed E-state index contributed by atoms with van der Waals surface area (Å²) in [6, 6.07) is 13.4. The van der Waals surface area contributed by atoms with Crippen molar-refractivity contribution in [3.05, 3.63) is 60.2 Å². The maximum atomic E-state index is 12.2. The van der Waals surface area contributed by atoms with Crippen molar-refractivity contribution in [1.82, 2.24) is 4.72 Å². The molecule has 0 radical (unpaired) electrons. The summed E-state index contributed by atoms with van der Waals surface area (Å²) in [5, 5.41) is 0. The molecular formula is C16H16F3NO3S. The highest BCUT2D eigenvalue weighted by atomic mass is 32.2. The van der Waals surface area contributed by atoms with E-state index in [-0.39, 0.29) is 17.4 Å². The minimum absolute atomic E-state index is 0.0474. The molecule has 0 aliphatic heterocycles. The fourth-order valence-corrected chi connectivity index (χ4v) is 3.17. The predicted octanol–water partition coefficient (Wildman–Crippen LogP) is 3.67. The third-order valence-corrected chi connectivity index (χ3v) is 4.76. The molecule has 0 unspecified atom stereocenters. The Morgan fingerprint density at radius 1 is 1.04 bits per heavy atom. The zero-order chi connectivity index (χ0) is 17.8. The van der Waals surface area contributed by atoms with E-state index in [9.17, 15) is 21.6 Å². The molecular weight excluding hydrogens is 343 g/mol. The number of alkyl halides is 3. The molecule has 0 aliphatic rings. The van der Waals surface area contributed by atoms with Crippen molar-refractivity contribution >= 4 is 10.0 Å². The van der Waals surface area contributed by atoms with E-state index in [0.717, 1.165) is 29.8 Å². The summed E-state index contributed by atoms with van der Waals surface area (Å²) in [6.45, 7) is 2.05. The molecule has 130 valence electrons. The largest absolute Gasteiger partial charge is 0.573 e. The van der Waals surface area contributed by atoms with Crippen molar-refractivity contribution in [2.24, 2.45) is 0 Å². The number of sulfonamides is 1. The van der Waals surface area contributed by atoms with Crippen molar-refractivity contribution in [2.75, 3.05) is 6.54 Å². The van der Waals surface area contributed by atoms with Gasteiger partial charge in [-0.05, 0) is 35.7 Å². The van der Waals surface area contributed by atoms with Crippen LogP contribution in [0.25, 0.3) is 0 Å². The summed E-state index contributed by atoms with van der Waals surface area (Å²) in [5.74, 6) is -0.520. The van der Waals surface area contributed by atoms with Gasteiger partial charge in [0.2, 0.25) is 10.0 Å². The van der Waals surface area contributed by atoms with Gasteiger partial charge in [-0.1, -0.05) is 37.3 Å². The van der Waals surface area contributed by atoms with E-state index in [2.05, 4.69) is 9.46 Å². The van der Waals surface area contributed by atoms with Gasteiger partial charge in [-0.25, -0.2) is 13.1 Å². The van der Waals surface area contributed by atoms with E-state index in [4.69, 9.17) is 0 Å². The minimum atomic E-state index is -4.82. The van der Waals surface area contributed by atoms with Crippen molar-refractivity contribution in [3.63, 3.8) is 0 Å². The van der Waals surface area contributed by atoms with Crippen LogP contribution < -0.4 is 9.46 Å². The van der Waals surface area contributed by atoms with Crippen molar-refractivity contribution in [1.29, 1.82) is 0 Å². The Labute approximate surface area is 138 Å². The summed E-state index contributed by atoms with van der Waals surface area (Å²) in [6.07, 6.45) is -4.82. The number of hydrogen-bond acceptors (Lipinski definition) is 3. The first-order valence-corrected chi connectivity index (χ1v) is 8.56. The van der Waals surface area contributed by atoms with Crippen LogP contribution >= 0.6 is 0 Å². The van der Waals surface area contributed by atoms with Gasteiger partial charge in [0.05, 0.1) is 4.90 Å². The first kappa shape index (κ1) is 18.3. The monoisotopic (exact) mass is 359 g/mol. The second-order valence-electron chi connectivity index (χ2n) is 5.18. The summed E-state index contributed by atoms with van der Waals surface area (Å²) in [7, 11) is -3.81. The number of rotatable bonds is 6. The van der Waals surface area contributed by atoms with Gasteiger partial charge in [0.25, 0.3) is 0 Å². The van der Waals surface area contributed by atoms with Gasteiger partial charge in [0, 0.05) is 6.54 Å². The average molecular weight is 359 g/mol. The Balaban J connectivity index is 2.02. The Hall–Kier alpha value is -2.06. The number of hydrogen-bond donors (Lipinski definition) is 1. The van der Waals surface area contributed by atoms with Crippen LogP contribution in [0.5, 0.6) is 5.75 Å². The van der Waals surface area contributed by atoms with Gasteiger partial charge in [0.1, 0.15) is 5.75 Å². The number of halogens is 3. The Morgan fingerprint density at radius 3 is 2.17 bits per heavy atom. The molecule has 2 rings (SSSR count). The molecule has 4 nitrogen and oxygen atoms in total. The van der Waals surface area contributed by atoms with E-state index in [1.807, 2.05) is 37.3 Å². The van der Waals surface area contributed by atoms with Crippen molar-refractivity contribution in [2.45, 2.75) is 24.1 Å². The smallest absolute Gasteiger partial charge is 0.406 e. The lowest BCUT2D eigenvalue weighted by molar-refractivity contribution is -0.274. The molecule has 0 saturated carbocycles. The van der Waals surface area contributed by atoms with Gasteiger partial charge in [-0.2, -0.15) is 0 Å². The third kappa shape index (κ3) is 5.24. The lowest BCUT2D eigenvalue weighted by atomic mass is 10.0. The first-order valence-electron chi connectivity index (χ1n) is 7.08. The van der Waals surface area contributed by atoms with E-state index in [1.54, 1.807) is 0 Å². The molecule has 2 aromatic carbocycles. The second-order valence-corrected chi connectivity index (χ2v) is 6.95. The molecule has 1 N–H and O–H groups in total. The Kier molecular flexibility index (Phi) is 5.51. The third-order valence-electron chi connectivity index (χ3n) is 3.32. The van der Waals surface area contributed by atoms with E-state index in [0.29, 0.717) is 0 Å². The SMILES string of the molecule is C[C@@H](CNS(=O)(=O)c1ccc(OC(F)(F)F)cc1)c1ccccc1. The first-order chi connectivity index (χ1) is 11.2. The minimum Gasteiger partial charge on any atom is -0.406 e. The van der Waals surface area contributed by atoms with Crippen molar-refractivity contribution < 1.29 is 26.3 Å². The van der Waals surface area contributed by atoms with Crippen LogP contribution in [0.1, 0.15) is 18.4 Å². The fraction of sp³-hybridized carbons (Fsp3) is 0.250. The number of nitrogens with one attached hydrogen (secondary N) is 1. The van der Waals surface area contributed by atoms with Gasteiger partial charge < -0.3 is 4.74 Å². The topological polar surface area (TPSA) is 55.4 Å². The molecule has 0 heterocycles. The zero-order valence-corrected chi connectivity index (χ0v) is 13.6. The Bertz CT molecular complexity index is 759. The van der Waals surface area contributed by atoms with Gasteiger partial charge in [-0.15, -0.1) is 13.2 Å². The van der Waals surface area contributed by atoms with Crippen LogP contribution in [0.4, 0.5) is 13.2 Å². The Morgan fingerprint density at radius 2 is 1.62 bits per heavy atom. The molecule has 0 amide bonds. The molecule has 0 spiro atoms. The molecule has 0 aromatic heterocycles. The molecule has 0 fully saturated rings. The molecule has 0 aliphatic carbocycles. The highest BCUT2D eigenvalue weighted by Crippen LogP contribution is 2.24. The zero-order valence-electron chi connectivity index (χ0n) is 12.7. The maximum absolute atomic E-state index is 12.2. The molecule has 2 aromatic rings. The van der Waals surface area contributed by atoms with E-state index in [1.165, 1.54) is 0 Å². The molecule has 8 heteroatoms. The highest BCUT2D eigenvalue weighted by Gasteiger charge is 2.31. The maximum Gasteiger partial charge on any atom is 0.573 e. The second kappa shape index (κ2) is 7.23. The van der Waals surface area contributed by atoms with Crippen LogP contribution in [0.15, 0.2) is 59.5 Å². The lowest BCUT2D eigenvalue weighted by Crippen LogP contribution is -2.27. The van der Waals surface area contributed by atoms with E-state index >= 15 is 0 Å². The molecule has 24 heavy (non-hydrogen) atoms. The molecule has 0 bridgehead atoms. The predicted molar refractivity (Wildman–Crippen MR) is 83.2 cm³/mol. The summed E-state index contributed by atoms with van der Waals surface area (Å²) >= 11 is 0. The van der Waals surface area contributed by atoms with Crippen LogP contribution in [-0.4, -0.2) is 21.3 Å². The normalized spacial score (nSPS) is 13.5. The quantitative estimate of drug-likeness (QED) is 0.856. The number of ether oxygens (including phenoxy) is 1. The standard InChI is InChI=1S/C16H16F3NO3S/c1-12(13-5-3-2-4-6-13)11-20-24(21,22)15-9-7-14(8-10-15)23-16(17,18)19/h2-10,12,20H,11H2,1H3/t12-/m0/s1. The highest BCUT2D eigenvalue weighted by molar-refractivity contribution is 7.89. The molecule has 1 atom stereocenters. The van der Waals surface area contributed by atoms with Crippen LogP contribution in [0, 0.1) is 0 Å². The van der Waals surface area contributed by atoms with Gasteiger partial charge in [0.15, 0.2) is 0 Å². The summed E-state index contributed by atoms with van der Waals surface area (Å²) in [5.41, 5.74) is 0.981. The lowest BCUT2D eigenvalue weighted by Gasteiger charge is -2.14. The van der Waals surface area contributed by atoms with Crippen molar-refractivity contribution in [3.8, 4) is 5.75 Å². The summed E-state index contributed by atoms with van der Waals surface area (Å²) < 4.78 is 66.8.